The van der Waals surface area contributed by atoms with Gasteiger partial charge in [-0.2, -0.15) is 0 Å². The summed E-state index contributed by atoms with van der Waals surface area (Å²) < 4.78 is 10.9. The van der Waals surface area contributed by atoms with Crippen LogP contribution in [0.25, 0.3) is 0 Å². The molecule has 2 fully saturated rings. The fourth-order valence-corrected chi connectivity index (χ4v) is 4.84. The molecule has 2 aromatic rings. The molecule has 0 aromatic heterocycles. The van der Waals surface area contributed by atoms with Gasteiger partial charge in [-0.1, -0.05) is 42.0 Å². The Morgan fingerprint density at radius 2 is 1.81 bits per heavy atom. The summed E-state index contributed by atoms with van der Waals surface area (Å²) in [6.45, 7) is 3.39. The lowest BCUT2D eigenvalue weighted by molar-refractivity contribution is -0.129. The van der Waals surface area contributed by atoms with Crippen LogP contribution in [0.4, 0.5) is 0 Å². The molecular weight excluding hydrogens is 394 g/mol. The van der Waals surface area contributed by atoms with E-state index in [1.165, 1.54) is 7.11 Å². The Kier molecular flexibility index (Phi) is 6.28. The molecule has 0 unspecified atom stereocenters. The highest BCUT2D eigenvalue weighted by molar-refractivity contribution is 5.92. The number of likely N-dealkylation sites (tertiary alicyclic amines) is 1. The van der Waals surface area contributed by atoms with Gasteiger partial charge >= 0.3 is 5.97 Å². The number of para-hydroxylation sites is 1. The Balaban J connectivity index is 1.40. The molecule has 2 aromatic carbocycles. The van der Waals surface area contributed by atoms with Crippen molar-refractivity contribution in [3.05, 3.63) is 65.2 Å². The predicted molar refractivity (Wildman–Crippen MR) is 116 cm³/mol. The SMILES string of the molecule is COC(=O)c1ccccc1O[C@@H]1C[C@@H]2CN(C(=O)Cc3cccc(C)c3)C[C@@H]2C[C@H]1O. The minimum absolute atomic E-state index is 0.128. The number of amides is 1. The number of ether oxygens (including phenoxy) is 2. The van der Waals surface area contributed by atoms with Gasteiger partial charge in [-0.25, -0.2) is 4.79 Å². The number of methoxy groups -OCH3 is 1. The average Bonchev–Trinajstić information content (AvgIpc) is 3.17. The second-order valence-corrected chi connectivity index (χ2v) is 8.67. The fraction of sp³-hybridized carbons (Fsp3) is 0.440. The molecule has 1 N–H and O–H groups in total. The zero-order valence-electron chi connectivity index (χ0n) is 18.0. The van der Waals surface area contributed by atoms with Gasteiger partial charge in [0.15, 0.2) is 0 Å². The number of carbonyl (C=O) groups excluding carboxylic acids is 2. The van der Waals surface area contributed by atoms with E-state index in [-0.39, 0.29) is 17.7 Å². The van der Waals surface area contributed by atoms with Gasteiger partial charge in [0.25, 0.3) is 0 Å². The number of hydrogen-bond donors (Lipinski definition) is 1. The largest absolute Gasteiger partial charge is 0.487 e. The lowest BCUT2D eigenvalue weighted by Gasteiger charge is -2.35. The van der Waals surface area contributed by atoms with Gasteiger partial charge in [-0.15, -0.1) is 0 Å². The van der Waals surface area contributed by atoms with E-state index in [9.17, 15) is 14.7 Å². The topological polar surface area (TPSA) is 76.1 Å². The number of benzene rings is 2. The van der Waals surface area contributed by atoms with Gasteiger partial charge in [-0.05, 0) is 49.3 Å². The molecule has 31 heavy (non-hydrogen) atoms. The molecule has 1 heterocycles. The maximum absolute atomic E-state index is 12.9. The first kappa shape index (κ1) is 21.4. The van der Waals surface area contributed by atoms with Gasteiger partial charge in [0.05, 0.1) is 19.6 Å². The second-order valence-electron chi connectivity index (χ2n) is 8.67. The predicted octanol–water partition coefficient (Wildman–Crippen LogP) is 3.00. The normalized spacial score (nSPS) is 25.1. The summed E-state index contributed by atoms with van der Waals surface area (Å²) in [7, 11) is 1.33. The van der Waals surface area contributed by atoms with Crippen LogP contribution in [0.15, 0.2) is 48.5 Å². The minimum Gasteiger partial charge on any atom is -0.487 e. The molecule has 0 spiro atoms. The summed E-state index contributed by atoms with van der Waals surface area (Å²) in [5, 5.41) is 10.7. The van der Waals surface area contributed by atoms with Gasteiger partial charge in [0.1, 0.15) is 17.4 Å². The summed E-state index contributed by atoms with van der Waals surface area (Å²) in [5.74, 6) is 0.630. The summed E-state index contributed by atoms with van der Waals surface area (Å²) in [6, 6.07) is 15.0. The van der Waals surface area contributed by atoms with Crippen molar-refractivity contribution in [2.75, 3.05) is 20.2 Å². The number of rotatable bonds is 5. The van der Waals surface area contributed by atoms with E-state index >= 15 is 0 Å². The third kappa shape index (κ3) is 4.74. The summed E-state index contributed by atoms with van der Waals surface area (Å²) in [5.41, 5.74) is 2.52. The minimum atomic E-state index is -0.640. The van der Waals surface area contributed by atoms with E-state index in [0.29, 0.717) is 43.7 Å². The summed E-state index contributed by atoms with van der Waals surface area (Å²) in [6.07, 6.45) is 0.577. The highest BCUT2D eigenvalue weighted by Gasteiger charge is 2.44. The van der Waals surface area contributed by atoms with Crippen LogP contribution in [0.2, 0.25) is 0 Å². The number of hydrogen-bond acceptors (Lipinski definition) is 5. The molecule has 1 aliphatic carbocycles. The second kappa shape index (κ2) is 9.10. The maximum atomic E-state index is 12.9. The van der Waals surface area contributed by atoms with Crippen molar-refractivity contribution in [1.29, 1.82) is 0 Å². The van der Waals surface area contributed by atoms with Crippen molar-refractivity contribution in [1.82, 2.24) is 4.90 Å². The van der Waals surface area contributed by atoms with E-state index in [2.05, 4.69) is 0 Å². The molecule has 1 saturated heterocycles. The Labute approximate surface area is 182 Å². The van der Waals surface area contributed by atoms with Crippen LogP contribution in [0, 0.1) is 18.8 Å². The average molecular weight is 424 g/mol. The van der Waals surface area contributed by atoms with Crippen molar-refractivity contribution < 1.29 is 24.2 Å². The molecule has 4 atom stereocenters. The van der Waals surface area contributed by atoms with Crippen LogP contribution in [0.1, 0.15) is 34.3 Å². The standard InChI is InChI=1S/C25H29NO5/c1-16-6-5-7-17(10-16)11-24(28)26-14-18-12-21(27)23(13-19(18)15-26)31-22-9-4-3-8-20(22)25(29)30-2/h3-10,18-19,21,23,27H,11-15H2,1-2H3/t18-,19+,21+,23+/m0/s1. The molecule has 1 saturated carbocycles. The third-order valence-corrected chi connectivity index (χ3v) is 6.45. The van der Waals surface area contributed by atoms with Crippen LogP contribution in [-0.4, -0.2) is 54.3 Å². The Morgan fingerprint density at radius 1 is 1.06 bits per heavy atom. The highest BCUT2D eigenvalue weighted by Crippen LogP contribution is 2.38. The summed E-state index contributed by atoms with van der Waals surface area (Å²) >= 11 is 0. The first-order chi connectivity index (χ1) is 14.9. The van der Waals surface area contributed by atoms with Crippen LogP contribution < -0.4 is 4.74 Å². The lowest BCUT2D eigenvalue weighted by atomic mass is 9.78. The number of nitrogens with zero attached hydrogens (tertiary/aromatic N) is 1. The fourth-order valence-electron chi connectivity index (χ4n) is 4.84. The van der Waals surface area contributed by atoms with Crippen LogP contribution in [0.5, 0.6) is 5.75 Å². The molecule has 1 amide bonds. The third-order valence-electron chi connectivity index (χ3n) is 6.45. The Bertz CT molecular complexity index is 958. The molecular formula is C25H29NO5. The Hall–Kier alpha value is -2.86. The molecule has 6 heteroatoms. The first-order valence-corrected chi connectivity index (χ1v) is 10.8. The van der Waals surface area contributed by atoms with Crippen molar-refractivity contribution in [2.45, 2.75) is 38.4 Å². The number of carbonyl (C=O) groups is 2. The van der Waals surface area contributed by atoms with E-state index in [1.54, 1.807) is 24.3 Å². The molecule has 0 radical (unpaired) electrons. The highest BCUT2D eigenvalue weighted by atomic mass is 16.5. The number of aliphatic hydroxyl groups excluding tert-OH is 1. The van der Waals surface area contributed by atoms with Crippen LogP contribution in [-0.2, 0) is 16.0 Å². The van der Waals surface area contributed by atoms with E-state index in [0.717, 1.165) is 11.1 Å². The zero-order chi connectivity index (χ0) is 22.0. The van der Waals surface area contributed by atoms with E-state index in [4.69, 9.17) is 9.47 Å². The van der Waals surface area contributed by atoms with Gasteiger partial charge in [0.2, 0.25) is 5.91 Å². The summed E-state index contributed by atoms with van der Waals surface area (Å²) in [4.78, 5) is 26.8. The molecule has 1 aliphatic heterocycles. The van der Waals surface area contributed by atoms with Crippen LogP contribution >= 0.6 is 0 Å². The Morgan fingerprint density at radius 3 is 2.55 bits per heavy atom. The molecule has 0 bridgehead atoms. The first-order valence-electron chi connectivity index (χ1n) is 10.8. The van der Waals surface area contributed by atoms with Crippen molar-refractivity contribution in [3.63, 3.8) is 0 Å². The number of fused-ring (bicyclic) bond motifs is 1. The van der Waals surface area contributed by atoms with E-state index in [1.807, 2.05) is 36.1 Å². The van der Waals surface area contributed by atoms with Crippen LogP contribution in [0.3, 0.4) is 0 Å². The molecule has 4 rings (SSSR count). The smallest absolute Gasteiger partial charge is 0.341 e. The van der Waals surface area contributed by atoms with E-state index < -0.39 is 18.2 Å². The zero-order valence-corrected chi connectivity index (χ0v) is 18.0. The van der Waals surface area contributed by atoms with Gasteiger partial charge in [-0.3, -0.25) is 4.79 Å². The van der Waals surface area contributed by atoms with Crippen molar-refractivity contribution in [2.24, 2.45) is 11.8 Å². The molecule has 6 nitrogen and oxygen atoms in total. The maximum Gasteiger partial charge on any atom is 0.341 e. The van der Waals surface area contributed by atoms with Gasteiger partial charge < -0.3 is 19.5 Å². The van der Waals surface area contributed by atoms with Crippen molar-refractivity contribution >= 4 is 11.9 Å². The molecule has 164 valence electrons. The quantitative estimate of drug-likeness (QED) is 0.749. The lowest BCUT2D eigenvalue weighted by Crippen LogP contribution is -2.42. The molecule has 2 aliphatic rings. The number of esters is 1. The number of aryl methyl sites for hydroxylation is 1. The monoisotopic (exact) mass is 423 g/mol. The van der Waals surface area contributed by atoms with Crippen molar-refractivity contribution in [3.8, 4) is 5.75 Å². The van der Waals surface area contributed by atoms with Gasteiger partial charge in [0, 0.05) is 13.1 Å². The number of aliphatic hydroxyl groups is 1.